The molecule has 0 aromatic rings. The molecule has 8 nitrogen and oxygen atoms in total. The molecule has 0 spiro atoms. The van der Waals surface area contributed by atoms with E-state index in [1.807, 2.05) is 12.5 Å². The summed E-state index contributed by atoms with van der Waals surface area (Å²) in [6.07, 6.45) is 3.23. The maximum atomic E-state index is 9.98. The predicted molar refractivity (Wildman–Crippen MR) is 72.7 cm³/mol. The Morgan fingerprint density at radius 2 is 2.20 bits per heavy atom. The summed E-state index contributed by atoms with van der Waals surface area (Å²) in [6, 6.07) is 0. The van der Waals surface area contributed by atoms with Crippen LogP contribution in [0.2, 0.25) is 0 Å². The molecule has 3 aliphatic heterocycles. The van der Waals surface area contributed by atoms with Crippen molar-refractivity contribution in [2.75, 3.05) is 12.9 Å². The summed E-state index contributed by atoms with van der Waals surface area (Å²) < 4.78 is 5.45. The van der Waals surface area contributed by atoms with Gasteiger partial charge in [0.25, 0.3) is 0 Å². The Bertz CT molecular complexity index is 483. The number of hydrogen-bond donors (Lipinski definition) is 4. The first-order chi connectivity index (χ1) is 9.63. The molecule has 3 heterocycles. The zero-order valence-electron chi connectivity index (χ0n) is 10.7. The van der Waals surface area contributed by atoms with E-state index >= 15 is 0 Å². The van der Waals surface area contributed by atoms with Gasteiger partial charge in [-0.25, -0.2) is 5.01 Å². The largest absolute Gasteiger partial charge is 0.394 e. The second kappa shape index (κ2) is 5.26. The van der Waals surface area contributed by atoms with E-state index in [2.05, 4.69) is 10.4 Å². The smallest absolute Gasteiger partial charge is 0.164 e. The summed E-state index contributed by atoms with van der Waals surface area (Å²) >= 11 is 1.56. The summed E-state index contributed by atoms with van der Waals surface area (Å²) in [5, 5.41) is 38.8. The molecule has 0 aromatic carbocycles. The molecule has 0 aliphatic carbocycles. The van der Waals surface area contributed by atoms with Crippen LogP contribution in [0, 0.1) is 0 Å². The average Bonchev–Trinajstić information content (AvgIpc) is 3.00. The number of fused-ring (bicyclic) bond motifs is 1. The summed E-state index contributed by atoms with van der Waals surface area (Å²) in [4.78, 5) is 1.57. The number of hydrazone groups is 1. The molecule has 0 radical (unpaired) electrons. The lowest BCUT2D eigenvalue weighted by atomic mass is 10.1. The fourth-order valence-electron chi connectivity index (χ4n) is 2.24. The highest BCUT2D eigenvalue weighted by molar-refractivity contribution is 8.02. The fourth-order valence-corrected chi connectivity index (χ4v) is 2.65. The van der Waals surface area contributed by atoms with Gasteiger partial charge >= 0.3 is 0 Å². The number of aliphatic hydroxyl groups excluding tert-OH is 3. The van der Waals surface area contributed by atoms with Gasteiger partial charge in [-0.1, -0.05) is 0 Å². The van der Waals surface area contributed by atoms with Crippen molar-refractivity contribution < 1.29 is 20.1 Å². The first-order valence-corrected chi connectivity index (χ1v) is 7.34. The zero-order chi connectivity index (χ0) is 14.3. The highest BCUT2D eigenvalue weighted by Crippen LogP contribution is 2.28. The molecule has 0 bridgehead atoms. The molecule has 3 aliphatic rings. The highest BCUT2D eigenvalue weighted by Gasteiger charge is 2.45. The lowest BCUT2D eigenvalue weighted by Gasteiger charge is -2.29. The van der Waals surface area contributed by atoms with E-state index in [4.69, 9.17) is 9.84 Å². The van der Waals surface area contributed by atoms with Crippen LogP contribution in [-0.2, 0) is 4.74 Å². The van der Waals surface area contributed by atoms with Crippen LogP contribution in [0.4, 0.5) is 0 Å². The lowest BCUT2D eigenvalue weighted by Crippen LogP contribution is -2.43. The number of aliphatic hydroxyl groups is 3. The SMILES string of the molecule is CSC1=CN2N=CN([C@@H]3O[C@H](CO)[C@@H](O)[C@H]3O)C=C2N1. The van der Waals surface area contributed by atoms with Crippen molar-refractivity contribution in [1.29, 1.82) is 0 Å². The third kappa shape index (κ3) is 2.17. The van der Waals surface area contributed by atoms with Crippen LogP contribution in [0.25, 0.3) is 0 Å². The fraction of sp³-hybridized carbons (Fsp3) is 0.545. The number of nitrogens with zero attached hydrogens (tertiary/aromatic N) is 3. The molecule has 4 N–H and O–H groups in total. The molecular formula is C11H16N4O4S. The van der Waals surface area contributed by atoms with Gasteiger partial charge < -0.3 is 30.3 Å². The molecule has 0 aromatic heterocycles. The van der Waals surface area contributed by atoms with E-state index in [9.17, 15) is 10.2 Å². The normalized spacial score (nSPS) is 35.8. The van der Waals surface area contributed by atoms with Gasteiger partial charge in [0.15, 0.2) is 6.23 Å². The minimum atomic E-state index is -1.12. The van der Waals surface area contributed by atoms with Gasteiger partial charge in [-0.3, -0.25) is 0 Å². The van der Waals surface area contributed by atoms with Crippen LogP contribution >= 0.6 is 11.8 Å². The minimum Gasteiger partial charge on any atom is -0.394 e. The van der Waals surface area contributed by atoms with Crippen LogP contribution in [0.3, 0.4) is 0 Å². The van der Waals surface area contributed by atoms with Crippen molar-refractivity contribution in [1.82, 2.24) is 15.2 Å². The molecular weight excluding hydrogens is 284 g/mol. The second-order valence-corrected chi connectivity index (χ2v) is 5.44. The quantitative estimate of drug-likeness (QED) is 0.502. The van der Waals surface area contributed by atoms with Gasteiger partial charge in [-0.2, -0.15) is 5.10 Å². The van der Waals surface area contributed by atoms with E-state index < -0.39 is 24.5 Å². The van der Waals surface area contributed by atoms with Crippen LogP contribution in [-0.4, -0.2) is 69.0 Å². The Morgan fingerprint density at radius 1 is 1.40 bits per heavy atom. The summed E-state index contributed by atoms with van der Waals surface area (Å²) in [5.41, 5.74) is 0. The first kappa shape index (κ1) is 13.7. The monoisotopic (exact) mass is 300 g/mol. The molecule has 1 fully saturated rings. The third-order valence-corrected chi connectivity index (χ3v) is 4.00. The van der Waals surface area contributed by atoms with Crippen molar-refractivity contribution in [2.24, 2.45) is 5.10 Å². The summed E-state index contributed by atoms with van der Waals surface area (Å²) in [5.74, 6) is 0.731. The molecule has 110 valence electrons. The molecule has 0 saturated carbocycles. The van der Waals surface area contributed by atoms with Crippen molar-refractivity contribution >= 4 is 18.1 Å². The van der Waals surface area contributed by atoms with Gasteiger partial charge in [-0.15, -0.1) is 11.8 Å². The van der Waals surface area contributed by atoms with E-state index in [-0.39, 0.29) is 6.61 Å². The Balaban J connectivity index is 1.75. The molecule has 20 heavy (non-hydrogen) atoms. The van der Waals surface area contributed by atoms with E-state index in [1.54, 1.807) is 27.9 Å². The average molecular weight is 300 g/mol. The summed E-state index contributed by atoms with van der Waals surface area (Å²) in [6.45, 7) is -0.348. The maximum Gasteiger partial charge on any atom is 0.164 e. The zero-order valence-corrected chi connectivity index (χ0v) is 11.6. The molecule has 9 heteroatoms. The Labute approximate surface area is 120 Å². The van der Waals surface area contributed by atoms with E-state index in [0.29, 0.717) is 0 Å². The Hall–Kier alpha value is -1.26. The molecule has 1 saturated heterocycles. The van der Waals surface area contributed by atoms with Gasteiger partial charge in [0.2, 0.25) is 0 Å². The van der Waals surface area contributed by atoms with Crippen LogP contribution in [0.1, 0.15) is 0 Å². The Morgan fingerprint density at radius 3 is 2.85 bits per heavy atom. The maximum absolute atomic E-state index is 9.98. The molecule has 0 amide bonds. The molecule has 3 rings (SSSR count). The number of thioether (sulfide) groups is 1. The molecule has 0 unspecified atom stereocenters. The van der Waals surface area contributed by atoms with Crippen LogP contribution < -0.4 is 5.32 Å². The number of nitrogens with one attached hydrogen (secondary N) is 1. The number of rotatable bonds is 3. The Kier molecular flexibility index (Phi) is 3.61. The van der Waals surface area contributed by atoms with Gasteiger partial charge in [-0.05, 0) is 6.26 Å². The van der Waals surface area contributed by atoms with Gasteiger partial charge in [0.1, 0.15) is 30.5 Å². The molecule has 4 atom stereocenters. The lowest BCUT2D eigenvalue weighted by molar-refractivity contribution is -0.0585. The van der Waals surface area contributed by atoms with E-state index in [1.165, 1.54) is 6.34 Å². The third-order valence-electron chi connectivity index (χ3n) is 3.35. The van der Waals surface area contributed by atoms with Crippen molar-refractivity contribution in [2.45, 2.75) is 24.5 Å². The van der Waals surface area contributed by atoms with Crippen molar-refractivity contribution in [3.8, 4) is 0 Å². The van der Waals surface area contributed by atoms with Crippen LogP contribution in [0.5, 0.6) is 0 Å². The minimum absolute atomic E-state index is 0.348. The van der Waals surface area contributed by atoms with Gasteiger partial charge in [0.05, 0.1) is 24.0 Å². The first-order valence-electron chi connectivity index (χ1n) is 6.12. The number of ether oxygens (including phenoxy) is 1. The standard InChI is InChI=1S/C11H16N4O4S/c1-20-8-3-15-7(13-8)2-14(5-12-15)11-10(18)9(17)6(4-16)19-11/h2-3,5-6,9-11,13,16-18H,4H2,1H3/t6-,9-,10-,11-/m1/s1. The summed E-state index contributed by atoms with van der Waals surface area (Å²) in [7, 11) is 0. The predicted octanol–water partition coefficient (Wildman–Crippen LogP) is -1.45. The van der Waals surface area contributed by atoms with Crippen molar-refractivity contribution in [3.05, 3.63) is 23.2 Å². The topological polar surface area (TPSA) is 101 Å². The second-order valence-electron chi connectivity index (χ2n) is 4.59. The van der Waals surface area contributed by atoms with Crippen LogP contribution in [0.15, 0.2) is 28.4 Å². The van der Waals surface area contributed by atoms with Crippen molar-refractivity contribution in [3.63, 3.8) is 0 Å². The van der Waals surface area contributed by atoms with Gasteiger partial charge in [0, 0.05) is 0 Å². The highest BCUT2D eigenvalue weighted by atomic mass is 32.2. The van der Waals surface area contributed by atoms with E-state index in [0.717, 1.165) is 10.9 Å². The number of hydrogen-bond acceptors (Lipinski definition) is 9.